The number of thiazole rings is 1. The summed E-state index contributed by atoms with van der Waals surface area (Å²) in [5.74, 6) is 1.10. The van der Waals surface area contributed by atoms with Gasteiger partial charge in [0.15, 0.2) is 0 Å². The molecule has 0 aromatic carbocycles. The Morgan fingerprint density at radius 1 is 1.36 bits per heavy atom. The van der Waals surface area contributed by atoms with Gasteiger partial charge in [-0.15, -0.1) is 11.3 Å². The number of imidazole rings is 1. The Morgan fingerprint density at radius 2 is 2.23 bits per heavy atom. The van der Waals surface area contributed by atoms with Gasteiger partial charge in [-0.1, -0.05) is 0 Å². The van der Waals surface area contributed by atoms with Crippen molar-refractivity contribution in [2.24, 2.45) is 0 Å². The van der Waals surface area contributed by atoms with Gasteiger partial charge in [0, 0.05) is 42.8 Å². The molecule has 0 radical (unpaired) electrons. The molecule has 0 spiro atoms. The smallest absolute Gasteiger partial charge is 0.105 e. The van der Waals surface area contributed by atoms with Crippen LogP contribution in [0.3, 0.4) is 0 Å². The minimum atomic E-state index is 0.524. The molecule has 0 unspecified atom stereocenters. The highest BCUT2D eigenvalue weighted by Gasteiger charge is 2.14. The second-order valence-electron chi connectivity index (χ2n) is 6.25. The summed E-state index contributed by atoms with van der Waals surface area (Å²) in [5.41, 5.74) is 1.38. The van der Waals surface area contributed by atoms with E-state index in [4.69, 9.17) is 4.98 Å². The average Bonchev–Trinajstić information content (AvgIpc) is 3.10. The van der Waals surface area contributed by atoms with Crippen LogP contribution in [-0.2, 0) is 25.8 Å². The van der Waals surface area contributed by atoms with E-state index >= 15 is 0 Å². The fourth-order valence-corrected chi connectivity index (χ4v) is 4.17. The number of fused-ring (bicyclic) bond motifs is 1. The summed E-state index contributed by atoms with van der Waals surface area (Å²) >= 11 is 1.94. The van der Waals surface area contributed by atoms with Gasteiger partial charge in [0.25, 0.3) is 0 Å². The van der Waals surface area contributed by atoms with E-state index in [1.807, 2.05) is 17.5 Å². The maximum absolute atomic E-state index is 4.81. The zero-order valence-corrected chi connectivity index (χ0v) is 14.5. The van der Waals surface area contributed by atoms with Crippen molar-refractivity contribution in [1.82, 2.24) is 19.9 Å². The summed E-state index contributed by atoms with van der Waals surface area (Å²) in [4.78, 5) is 10.6. The Balaban J connectivity index is 1.39. The molecule has 22 heavy (non-hydrogen) atoms. The van der Waals surface area contributed by atoms with Crippen molar-refractivity contribution in [1.29, 1.82) is 0 Å². The SMILES string of the molecule is Cc1nccn1CC[C@@H](C)NCCc1nc2c(s1)CCCC2. The standard InChI is InChI=1S/C17H26N4S/c1-13(8-11-21-12-10-19-14(21)2)18-9-7-17-20-15-5-3-4-6-16(15)22-17/h10,12-13,18H,3-9,11H2,1-2H3/t13-/m1/s1. The van der Waals surface area contributed by atoms with Crippen LogP contribution in [0.5, 0.6) is 0 Å². The lowest BCUT2D eigenvalue weighted by Crippen LogP contribution is -2.29. The number of hydrogen-bond donors (Lipinski definition) is 1. The molecule has 120 valence electrons. The summed E-state index contributed by atoms with van der Waals surface area (Å²) in [6.45, 7) is 6.38. The number of hydrogen-bond acceptors (Lipinski definition) is 4. The van der Waals surface area contributed by atoms with Crippen molar-refractivity contribution in [3.8, 4) is 0 Å². The van der Waals surface area contributed by atoms with Gasteiger partial charge >= 0.3 is 0 Å². The van der Waals surface area contributed by atoms with Crippen LogP contribution in [0.1, 0.15) is 47.6 Å². The predicted molar refractivity (Wildman–Crippen MR) is 91.5 cm³/mol. The molecule has 5 heteroatoms. The van der Waals surface area contributed by atoms with Crippen LogP contribution in [0.4, 0.5) is 0 Å². The second kappa shape index (κ2) is 7.38. The van der Waals surface area contributed by atoms with E-state index in [-0.39, 0.29) is 0 Å². The van der Waals surface area contributed by atoms with Gasteiger partial charge < -0.3 is 9.88 Å². The maximum atomic E-state index is 4.81. The summed E-state index contributed by atoms with van der Waals surface area (Å²) < 4.78 is 2.22. The number of aryl methyl sites for hydroxylation is 4. The zero-order valence-electron chi connectivity index (χ0n) is 13.6. The fraction of sp³-hybridized carbons (Fsp3) is 0.647. The average molecular weight is 318 g/mol. The number of nitrogens with one attached hydrogen (secondary N) is 1. The van der Waals surface area contributed by atoms with Crippen LogP contribution in [0.15, 0.2) is 12.4 Å². The monoisotopic (exact) mass is 318 g/mol. The van der Waals surface area contributed by atoms with Crippen molar-refractivity contribution in [2.45, 2.75) is 65.0 Å². The molecule has 3 rings (SSSR count). The van der Waals surface area contributed by atoms with Gasteiger partial charge in [-0.25, -0.2) is 9.97 Å². The van der Waals surface area contributed by atoms with Gasteiger partial charge in [-0.3, -0.25) is 0 Å². The highest BCUT2D eigenvalue weighted by molar-refractivity contribution is 7.11. The highest BCUT2D eigenvalue weighted by atomic mass is 32.1. The predicted octanol–water partition coefficient (Wildman–Crippen LogP) is 3.14. The molecule has 1 N–H and O–H groups in total. The highest BCUT2D eigenvalue weighted by Crippen LogP contribution is 2.26. The lowest BCUT2D eigenvalue weighted by atomic mass is 10.0. The number of aromatic nitrogens is 3. The molecule has 0 fully saturated rings. The second-order valence-corrected chi connectivity index (χ2v) is 7.41. The molecule has 2 aromatic rings. The number of nitrogens with zero attached hydrogens (tertiary/aromatic N) is 3. The van der Waals surface area contributed by atoms with Crippen molar-refractivity contribution in [2.75, 3.05) is 6.54 Å². The molecule has 2 heterocycles. The third-order valence-corrected chi connectivity index (χ3v) is 5.67. The lowest BCUT2D eigenvalue weighted by molar-refractivity contribution is 0.475. The molecular weight excluding hydrogens is 292 g/mol. The quantitative estimate of drug-likeness (QED) is 0.853. The largest absolute Gasteiger partial charge is 0.335 e. The van der Waals surface area contributed by atoms with E-state index in [2.05, 4.69) is 34.9 Å². The first-order valence-electron chi connectivity index (χ1n) is 8.41. The molecule has 0 bridgehead atoms. The van der Waals surface area contributed by atoms with Crippen molar-refractivity contribution in [3.63, 3.8) is 0 Å². The third-order valence-electron chi connectivity index (χ3n) is 4.45. The Morgan fingerprint density at radius 3 is 3.00 bits per heavy atom. The van der Waals surface area contributed by atoms with Gasteiger partial charge in [0.2, 0.25) is 0 Å². The van der Waals surface area contributed by atoms with Crippen molar-refractivity contribution in [3.05, 3.63) is 33.8 Å². The van der Waals surface area contributed by atoms with E-state index < -0.39 is 0 Å². The first-order chi connectivity index (χ1) is 10.7. The minimum absolute atomic E-state index is 0.524. The first-order valence-corrected chi connectivity index (χ1v) is 9.22. The van der Waals surface area contributed by atoms with E-state index in [9.17, 15) is 0 Å². The molecule has 1 atom stereocenters. The molecule has 0 saturated heterocycles. The van der Waals surface area contributed by atoms with Crippen LogP contribution in [0.2, 0.25) is 0 Å². The topological polar surface area (TPSA) is 42.7 Å². The maximum Gasteiger partial charge on any atom is 0.105 e. The minimum Gasteiger partial charge on any atom is -0.335 e. The molecule has 0 amide bonds. The molecular formula is C17H26N4S. The number of rotatable bonds is 7. The Hall–Kier alpha value is -1.20. The summed E-state index contributed by atoms with van der Waals surface area (Å²) in [6, 6.07) is 0.524. The van der Waals surface area contributed by atoms with Crippen LogP contribution in [0, 0.1) is 6.92 Å². The van der Waals surface area contributed by atoms with Gasteiger partial charge in [0.05, 0.1) is 10.7 Å². The van der Waals surface area contributed by atoms with Crippen LogP contribution >= 0.6 is 11.3 Å². The molecule has 2 aromatic heterocycles. The summed E-state index contributed by atoms with van der Waals surface area (Å²) in [6.07, 6.45) is 11.2. The molecule has 0 aliphatic heterocycles. The van der Waals surface area contributed by atoms with E-state index in [0.717, 1.165) is 31.8 Å². The molecule has 1 aliphatic rings. The molecule has 4 nitrogen and oxygen atoms in total. The Bertz CT molecular complexity index is 578. The molecule has 1 aliphatic carbocycles. The Kier molecular flexibility index (Phi) is 5.26. The summed E-state index contributed by atoms with van der Waals surface area (Å²) in [5, 5.41) is 4.94. The van der Waals surface area contributed by atoms with E-state index in [0.29, 0.717) is 6.04 Å². The van der Waals surface area contributed by atoms with Gasteiger partial charge in [0.1, 0.15) is 5.82 Å². The zero-order chi connectivity index (χ0) is 15.4. The first kappa shape index (κ1) is 15.7. The molecule has 0 saturated carbocycles. The van der Waals surface area contributed by atoms with E-state index in [1.165, 1.54) is 36.4 Å². The van der Waals surface area contributed by atoms with Crippen molar-refractivity contribution >= 4 is 11.3 Å². The third kappa shape index (κ3) is 3.96. The van der Waals surface area contributed by atoms with Crippen LogP contribution in [0.25, 0.3) is 0 Å². The normalized spacial score (nSPS) is 15.7. The fourth-order valence-electron chi connectivity index (χ4n) is 3.01. The van der Waals surface area contributed by atoms with Crippen molar-refractivity contribution < 1.29 is 0 Å². The van der Waals surface area contributed by atoms with Gasteiger partial charge in [-0.05, 0) is 46.0 Å². The van der Waals surface area contributed by atoms with E-state index in [1.54, 1.807) is 4.88 Å². The summed E-state index contributed by atoms with van der Waals surface area (Å²) in [7, 11) is 0. The van der Waals surface area contributed by atoms with Gasteiger partial charge in [-0.2, -0.15) is 0 Å². The van der Waals surface area contributed by atoms with Crippen LogP contribution in [-0.4, -0.2) is 27.1 Å². The van der Waals surface area contributed by atoms with Crippen LogP contribution < -0.4 is 5.32 Å². The lowest BCUT2D eigenvalue weighted by Gasteiger charge is -2.14. The Labute approximate surface area is 137 Å².